The van der Waals surface area contributed by atoms with Crippen molar-refractivity contribution in [2.75, 3.05) is 0 Å². The van der Waals surface area contributed by atoms with E-state index in [1.165, 1.54) is 44.1 Å². The Balaban J connectivity index is 1.58. The van der Waals surface area contributed by atoms with Crippen molar-refractivity contribution >= 4 is 23.2 Å². The van der Waals surface area contributed by atoms with Crippen molar-refractivity contribution in [2.24, 2.45) is 5.92 Å². The van der Waals surface area contributed by atoms with Crippen LogP contribution < -0.4 is 0 Å². The van der Waals surface area contributed by atoms with Crippen LogP contribution in [0.2, 0.25) is 5.02 Å². The normalized spacial score (nSPS) is 25.5. The molecule has 29 heavy (non-hydrogen) atoms. The van der Waals surface area contributed by atoms with Crippen LogP contribution in [-0.2, 0) is 10.3 Å². The molecule has 2 unspecified atom stereocenters. The molecule has 2 heteroatoms. The molecule has 0 spiro atoms. The van der Waals surface area contributed by atoms with Crippen LogP contribution in [0.5, 0.6) is 0 Å². The molecule has 3 aromatic rings. The highest BCUT2D eigenvalue weighted by molar-refractivity contribution is 6.34. The van der Waals surface area contributed by atoms with Gasteiger partial charge in [0, 0.05) is 10.6 Å². The molecule has 2 aliphatic carbocycles. The molecular weight excluding hydrogens is 395 g/mol. The summed E-state index contributed by atoms with van der Waals surface area (Å²) in [6.45, 7) is 0. The molecule has 148 valence electrons. The molecule has 0 bridgehead atoms. The number of hydrogen-bond acceptors (Lipinski definition) is 0. The fourth-order valence-electron chi connectivity index (χ4n) is 5.49. The number of benzene rings is 3. The quantitative estimate of drug-likeness (QED) is 0.295. The molecule has 0 N–H and O–H groups in total. The van der Waals surface area contributed by atoms with Gasteiger partial charge in [-0.05, 0) is 53.4 Å². The van der Waals surface area contributed by atoms with E-state index in [1.54, 1.807) is 0 Å². The van der Waals surface area contributed by atoms with E-state index < -0.39 is 4.87 Å². The van der Waals surface area contributed by atoms with Gasteiger partial charge in [-0.25, -0.2) is 0 Å². The van der Waals surface area contributed by atoms with E-state index in [1.807, 2.05) is 42.5 Å². The van der Waals surface area contributed by atoms with Crippen LogP contribution in [-0.4, -0.2) is 0 Å². The Hall–Kier alpha value is -1.76. The molecular formula is C27H26Cl2. The highest BCUT2D eigenvalue weighted by atomic mass is 35.5. The molecule has 2 fully saturated rings. The third-order valence-electron chi connectivity index (χ3n) is 7.18. The van der Waals surface area contributed by atoms with Gasteiger partial charge in [-0.15, -0.1) is 11.6 Å². The summed E-state index contributed by atoms with van der Waals surface area (Å²) >= 11 is 14.1. The van der Waals surface area contributed by atoms with Gasteiger partial charge in [-0.3, -0.25) is 0 Å². The third kappa shape index (κ3) is 3.22. The van der Waals surface area contributed by atoms with E-state index in [2.05, 4.69) is 36.4 Å². The molecule has 0 amide bonds. The van der Waals surface area contributed by atoms with Gasteiger partial charge in [-0.1, -0.05) is 104 Å². The summed E-state index contributed by atoms with van der Waals surface area (Å²) in [6, 6.07) is 27.3. The van der Waals surface area contributed by atoms with Gasteiger partial charge in [0.05, 0.1) is 0 Å². The van der Waals surface area contributed by atoms with Crippen molar-refractivity contribution in [2.45, 2.75) is 48.8 Å². The van der Waals surface area contributed by atoms with E-state index in [9.17, 15) is 0 Å². The van der Waals surface area contributed by atoms with Crippen molar-refractivity contribution in [1.82, 2.24) is 0 Å². The van der Waals surface area contributed by atoms with Crippen molar-refractivity contribution in [3.05, 3.63) is 106 Å². The predicted octanol–water partition coefficient (Wildman–Crippen LogP) is 8.09. The summed E-state index contributed by atoms with van der Waals surface area (Å²) in [7, 11) is 0. The van der Waals surface area contributed by atoms with Gasteiger partial charge in [0.15, 0.2) is 0 Å². The maximum absolute atomic E-state index is 7.45. The monoisotopic (exact) mass is 420 g/mol. The van der Waals surface area contributed by atoms with Crippen LogP contribution in [0, 0.1) is 5.92 Å². The topological polar surface area (TPSA) is 0 Å². The van der Waals surface area contributed by atoms with Crippen LogP contribution in [0.15, 0.2) is 78.9 Å². The number of halogens is 2. The summed E-state index contributed by atoms with van der Waals surface area (Å²) in [5, 5.41) is 0.694. The fraction of sp³-hybridized carbons (Fsp3) is 0.333. The van der Waals surface area contributed by atoms with Crippen molar-refractivity contribution in [3.8, 4) is 0 Å². The first-order valence-electron chi connectivity index (χ1n) is 10.7. The second-order valence-corrected chi connectivity index (χ2v) is 9.71. The lowest BCUT2D eigenvalue weighted by atomic mass is 9.82. The second kappa shape index (κ2) is 7.49. The van der Waals surface area contributed by atoms with Gasteiger partial charge >= 0.3 is 0 Å². The van der Waals surface area contributed by atoms with E-state index in [-0.39, 0.29) is 0 Å². The smallest absolute Gasteiger partial charge is 0.103 e. The standard InChI is InChI=1S/C27H26Cl2/c28-25-13-7-6-12-24(25)27(29,21-9-3-1-4-10-21)22-16-14-20(15-17-22)26-18-8-2-5-11-23(26)19-26/h1,3-4,6-7,9-10,12-17,23H,2,5,8,11,18-19H2/t23-,26?,27?/m0/s1. The number of fused-ring (bicyclic) bond motifs is 1. The molecule has 3 atom stereocenters. The minimum Gasteiger partial charge on any atom is -0.103 e. The molecule has 2 saturated carbocycles. The van der Waals surface area contributed by atoms with Gasteiger partial charge in [0.2, 0.25) is 0 Å². The average Bonchev–Trinajstić information content (AvgIpc) is 3.50. The molecule has 0 aliphatic heterocycles. The molecule has 0 saturated heterocycles. The van der Waals surface area contributed by atoms with Crippen LogP contribution >= 0.6 is 23.2 Å². The molecule has 2 aliphatic rings. The second-order valence-electron chi connectivity index (χ2n) is 8.74. The summed E-state index contributed by atoms with van der Waals surface area (Å²) < 4.78 is 0. The first kappa shape index (κ1) is 19.2. The van der Waals surface area contributed by atoms with Crippen LogP contribution in [0.25, 0.3) is 0 Å². The summed E-state index contributed by atoms with van der Waals surface area (Å²) in [5.41, 5.74) is 4.98. The minimum atomic E-state index is -0.803. The van der Waals surface area contributed by atoms with Crippen LogP contribution in [0.4, 0.5) is 0 Å². The first-order chi connectivity index (χ1) is 14.1. The molecule has 0 heterocycles. The third-order valence-corrected chi connectivity index (χ3v) is 8.15. The van der Waals surface area contributed by atoms with E-state index in [0.717, 1.165) is 22.6 Å². The van der Waals surface area contributed by atoms with Gasteiger partial charge in [-0.2, -0.15) is 0 Å². The molecule has 0 radical (unpaired) electrons. The highest BCUT2D eigenvalue weighted by Gasteiger charge is 2.54. The van der Waals surface area contributed by atoms with Crippen molar-refractivity contribution in [1.29, 1.82) is 0 Å². The first-order valence-corrected chi connectivity index (χ1v) is 11.5. The molecule has 3 aromatic carbocycles. The Labute approximate surface area is 183 Å². The summed E-state index contributed by atoms with van der Waals surface area (Å²) in [6.07, 6.45) is 8.25. The van der Waals surface area contributed by atoms with Gasteiger partial charge in [0.25, 0.3) is 0 Å². The summed E-state index contributed by atoms with van der Waals surface area (Å²) in [5.74, 6) is 0.884. The van der Waals surface area contributed by atoms with E-state index in [4.69, 9.17) is 23.2 Å². The lowest BCUT2D eigenvalue weighted by Gasteiger charge is -2.30. The number of alkyl halides is 1. The molecule has 0 nitrogen and oxygen atoms in total. The minimum absolute atomic E-state index is 0.432. The van der Waals surface area contributed by atoms with Gasteiger partial charge in [0.1, 0.15) is 4.87 Å². The van der Waals surface area contributed by atoms with E-state index >= 15 is 0 Å². The lowest BCUT2D eigenvalue weighted by molar-refractivity contribution is 0.562. The average molecular weight is 421 g/mol. The van der Waals surface area contributed by atoms with Gasteiger partial charge < -0.3 is 0 Å². The van der Waals surface area contributed by atoms with Crippen molar-refractivity contribution in [3.63, 3.8) is 0 Å². The maximum Gasteiger partial charge on any atom is 0.121 e. The lowest BCUT2D eigenvalue weighted by Crippen LogP contribution is -2.23. The zero-order valence-electron chi connectivity index (χ0n) is 16.6. The van der Waals surface area contributed by atoms with Crippen molar-refractivity contribution < 1.29 is 0 Å². The largest absolute Gasteiger partial charge is 0.121 e. The Kier molecular flexibility index (Phi) is 4.96. The van der Waals surface area contributed by atoms with Crippen LogP contribution in [0.1, 0.15) is 60.8 Å². The number of rotatable bonds is 4. The maximum atomic E-state index is 7.45. The predicted molar refractivity (Wildman–Crippen MR) is 123 cm³/mol. The highest BCUT2D eigenvalue weighted by Crippen LogP contribution is 2.61. The number of hydrogen-bond donors (Lipinski definition) is 0. The zero-order chi connectivity index (χ0) is 19.9. The molecule has 5 rings (SSSR count). The fourth-order valence-corrected chi connectivity index (χ4v) is 6.23. The Morgan fingerprint density at radius 1 is 0.759 bits per heavy atom. The molecule has 0 aromatic heterocycles. The summed E-state index contributed by atoms with van der Waals surface area (Å²) in [4.78, 5) is -0.803. The SMILES string of the molecule is Clc1ccccc1C(Cl)(c1ccccc1)c1ccc(C23CCCCC[C@H]2C3)cc1. The Bertz CT molecular complexity index is 995. The Morgan fingerprint density at radius 2 is 1.45 bits per heavy atom. The zero-order valence-corrected chi connectivity index (χ0v) is 18.1. The Morgan fingerprint density at radius 3 is 2.21 bits per heavy atom. The van der Waals surface area contributed by atoms with Crippen LogP contribution in [0.3, 0.4) is 0 Å². The van der Waals surface area contributed by atoms with E-state index in [0.29, 0.717) is 10.4 Å².